The highest BCUT2D eigenvalue weighted by Gasteiger charge is 2.41. The average molecular weight is 500 g/mol. The van der Waals surface area contributed by atoms with Gasteiger partial charge in [0.2, 0.25) is 15.9 Å². The summed E-state index contributed by atoms with van der Waals surface area (Å²) in [6.45, 7) is 0.232. The Morgan fingerprint density at radius 2 is 1.68 bits per heavy atom. The minimum atomic E-state index is -3.25. The van der Waals surface area contributed by atoms with Crippen LogP contribution >= 0.6 is 11.6 Å². The second-order valence-corrected chi connectivity index (χ2v) is 11.1. The largest absolute Gasteiger partial charge is 0.310 e. The fraction of sp³-hybridized carbons (Fsp3) is 0.308. The van der Waals surface area contributed by atoms with E-state index < -0.39 is 15.4 Å². The summed E-state index contributed by atoms with van der Waals surface area (Å²) in [6.07, 6.45) is 5.86. The maximum atomic E-state index is 13.6. The molecule has 1 saturated carbocycles. The zero-order valence-corrected chi connectivity index (χ0v) is 20.6. The number of nitrogens with zero attached hydrogens (tertiary/aromatic N) is 1. The maximum absolute atomic E-state index is 13.6. The summed E-state index contributed by atoms with van der Waals surface area (Å²) >= 11 is 6.09. The number of amides is 1. The molecule has 1 aliphatic carbocycles. The third-order valence-corrected chi connectivity index (χ3v) is 7.24. The van der Waals surface area contributed by atoms with Gasteiger partial charge in [-0.25, -0.2) is 18.1 Å². The number of sulfonamides is 1. The standard InChI is InChI=1S/C26H28ClN3O3S.H2/c1-34(32,33)28-18-19-8-10-20(11-9-19)23-6-5-7-24(29-23)30-25(31)26(16-3-2-4-17-26)21-12-14-22(27)15-13-21;/h5-15,28H,2-4,16-18H2,1H3,(H,29,30,31);1H. The highest BCUT2D eigenvalue weighted by molar-refractivity contribution is 7.88. The molecule has 2 aromatic carbocycles. The van der Waals surface area contributed by atoms with E-state index in [9.17, 15) is 13.2 Å². The highest BCUT2D eigenvalue weighted by Crippen LogP contribution is 2.40. The van der Waals surface area contributed by atoms with Crippen LogP contribution < -0.4 is 10.0 Å². The molecule has 0 unspecified atom stereocenters. The summed E-state index contributed by atoms with van der Waals surface area (Å²) in [4.78, 5) is 18.2. The van der Waals surface area contributed by atoms with Gasteiger partial charge in [0, 0.05) is 18.6 Å². The summed E-state index contributed by atoms with van der Waals surface area (Å²) in [6, 6.07) is 20.6. The lowest BCUT2D eigenvalue weighted by atomic mass is 9.68. The second kappa shape index (κ2) is 10.3. The van der Waals surface area contributed by atoms with Crippen LogP contribution in [0, 0.1) is 0 Å². The van der Waals surface area contributed by atoms with Crippen molar-refractivity contribution < 1.29 is 14.6 Å². The van der Waals surface area contributed by atoms with Gasteiger partial charge in [-0.2, -0.15) is 0 Å². The van der Waals surface area contributed by atoms with Crippen LogP contribution in [0.5, 0.6) is 0 Å². The van der Waals surface area contributed by atoms with Crippen molar-refractivity contribution in [2.45, 2.75) is 44.1 Å². The first-order chi connectivity index (χ1) is 16.2. The summed E-state index contributed by atoms with van der Waals surface area (Å²) in [7, 11) is -3.25. The van der Waals surface area contributed by atoms with Gasteiger partial charge in [0.25, 0.3) is 0 Å². The van der Waals surface area contributed by atoms with Crippen LogP contribution in [0.2, 0.25) is 5.02 Å². The van der Waals surface area contributed by atoms with Crippen LogP contribution in [0.25, 0.3) is 11.3 Å². The molecular weight excluding hydrogens is 470 g/mol. The van der Waals surface area contributed by atoms with Gasteiger partial charge in [-0.05, 0) is 48.2 Å². The van der Waals surface area contributed by atoms with Crippen LogP contribution in [0.15, 0.2) is 66.7 Å². The summed E-state index contributed by atoms with van der Waals surface area (Å²) in [5.41, 5.74) is 2.85. The Labute approximate surface area is 207 Å². The molecule has 3 aromatic rings. The topological polar surface area (TPSA) is 88.2 Å². The summed E-state index contributed by atoms with van der Waals surface area (Å²) in [5.74, 6) is 0.464. The molecule has 6 nitrogen and oxygen atoms in total. The molecule has 0 spiro atoms. The van der Waals surface area contributed by atoms with Crippen LogP contribution in [0.4, 0.5) is 5.82 Å². The molecule has 1 aliphatic rings. The second-order valence-electron chi connectivity index (χ2n) is 8.80. The first-order valence-electron chi connectivity index (χ1n) is 11.3. The number of anilines is 1. The molecule has 0 radical (unpaired) electrons. The molecule has 1 heterocycles. The predicted molar refractivity (Wildman–Crippen MR) is 138 cm³/mol. The zero-order chi connectivity index (χ0) is 24.2. The number of aromatic nitrogens is 1. The van der Waals surface area contributed by atoms with E-state index in [0.29, 0.717) is 10.8 Å². The van der Waals surface area contributed by atoms with Crippen molar-refractivity contribution in [2.24, 2.45) is 0 Å². The molecule has 0 aliphatic heterocycles. The molecule has 34 heavy (non-hydrogen) atoms. The van der Waals surface area contributed by atoms with Crippen molar-refractivity contribution in [3.63, 3.8) is 0 Å². The zero-order valence-electron chi connectivity index (χ0n) is 19.1. The number of halogens is 1. The van der Waals surface area contributed by atoms with Crippen LogP contribution in [-0.2, 0) is 26.8 Å². The molecule has 1 aromatic heterocycles. The molecule has 1 fully saturated rings. The molecule has 4 rings (SSSR count). The van der Waals surface area contributed by atoms with Crippen molar-refractivity contribution in [1.82, 2.24) is 9.71 Å². The van der Waals surface area contributed by atoms with Crippen molar-refractivity contribution in [2.75, 3.05) is 11.6 Å². The Kier molecular flexibility index (Phi) is 7.36. The highest BCUT2D eigenvalue weighted by atomic mass is 35.5. The van der Waals surface area contributed by atoms with Crippen LogP contribution in [-0.4, -0.2) is 25.6 Å². The van der Waals surface area contributed by atoms with Crippen molar-refractivity contribution >= 4 is 33.3 Å². The van der Waals surface area contributed by atoms with Gasteiger partial charge >= 0.3 is 0 Å². The molecule has 180 valence electrons. The number of carbonyl (C=O) groups excluding carboxylic acids is 1. The van der Waals surface area contributed by atoms with Crippen molar-refractivity contribution in [3.05, 3.63) is 82.9 Å². The molecule has 0 saturated heterocycles. The van der Waals surface area contributed by atoms with Gasteiger partial charge in [-0.3, -0.25) is 4.79 Å². The van der Waals surface area contributed by atoms with Gasteiger partial charge in [0.05, 0.1) is 17.4 Å². The van der Waals surface area contributed by atoms with E-state index >= 15 is 0 Å². The predicted octanol–water partition coefficient (Wildman–Crippen LogP) is 5.54. The lowest BCUT2D eigenvalue weighted by Crippen LogP contribution is -2.42. The van der Waals surface area contributed by atoms with Gasteiger partial charge in [0.15, 0.2) is 0 Å². The summed E-state index contributed by atoms with van der Waals surface area (Å²) in [5, 5.41) is 3.72. The smallest absolute Gasteiger partial charge is 0.236 e. The third-order valence-electron chi connectivity index (χ3n) is 6.32. The molecule has 2 N–H and O–H groups in total. The number of pyridine rings is 1. The normalized spacial score (nSPS) is 15.6. The molecule has 8 heteroatoms. The number of benzene rings is 2. The number of hydrogen-bond acceptors (Lipinski definition) is 4. The first-order valence-corrected chi connectivity index (χ1v) is 13.6. The van der Waals surface area contributed by atoms with E-state index in [1.54, 1.807) is 6.07 Å². The van der Waals surface area contributed by atoms with Gasteiger partial charge in [-0.15, -0.1) is 0 Å². The molecule has 0 atom stereocenters. The first kappa shape index (κ1) is 24.4. The Morgan fingerprint density at radius 3 is 2.32 bits per heavy atom. The molecule has 0 bridgehead atoms. The fourth-order valence-electron chi connectivity index (χ4n) is 4.48. The van der Waals surface area contributed by atoms with E-state index in [-0.39, 0.29) is 13.9 Å². The number of carbonyl (C=O) groups is 1. The Bertz CT molecular complexity index is 1260. The lowest BCUT2D eigenvalue weighted by molar-refractivity contribution is -0.122. The Balaban J connectivity index is 0.00000342. The average Bonchev–Trinajstić information content (AvgIpc) is 2.83. The minimum Gasteiger partial charge on any atom is -0.310 e. The van der Waals surface area contributed by atoms with Crippen LogP contribution in [0.3, 0.4) is 0 Å². The van der Waals surface area contributed by atoms with E-state index in [1.807, 2.05) is 60.7 Å². The number of rotatable bonds is 7. The van der Waals surface area contributed by atoms with Gasteiger partial charge < -0.3 is 5.32 Å². The van der Waals surface area contributed by atoms with Crippen LogP contribution in [0.1, 0.15) is 44.7 Å². The van der Waals surface area contributed by atoms with E-state index in [4.69, 9.17) is 11.6 Å². The fourth-order valence-corrected chi connectivity index (χ4v) is 5.03. The minimum absolute atomic E-state index is 0. The van der Waals surface area contributed by atoms with E-state index in [0.717, 1.165) is 60.7 Å². The van der Waals surface area contributed by atoms with Crippen molar-refractivity contribution in [3.8, 4) is 11.3 Å². The maximum Gasteiger partial charge on any atom is 0.236 e. The SMILES string of the molecule is CS(=O)(=O)NCc1ccc(-c2cccc(NC(=O)C3(c4ccc(Cl)cc4)CCCCC3)n2)cc1.[HH]. The third kappa shape index (κ3) is 5.84. The Morgan fingerprint density at radius 1 is 1.00 bits per heavy atom. The summed E-state index contributed by atoms with van der Waals surface area (Å²) < 4.78 is 25.1. The number of hydrogen-bond donors (Lipinski definition) is 2. The number of nitrogens with one attached hydrogen (secondary N) is 2. The monoisotopic (exact) mass is 499 g/mol. The van der Waals surface area contributed by atoms with E-state index in [1.165, 1.54) is 0 Å². The Hall–Kier alpha value is -2.74. The lowest BCUT2D eigenvalue weighted by Gasteiger charge is -2.36. The quantitative estimate of drug-likeness (QED) is 0.447. The van der Waals surface area contributed by atoms with E-state index in [2.05, 4.69) is 15.0 Å². The molecular formula is C26H30ClN3O3S. The van der Waals surface area contributed by atoms with Gasteiger partial charge in [-0.1, -0.05) is 73.3 Å². The van der Waals surface area contributed by atoms with Crippen molar-refractivity contribution in [1.29, 1.82) is 0 Å². The van der Waals surface area contributed by atoms with Gasteiger partial charge in [0.1, 0.15) is 5.82 Å². The molecule has 1 amide bonds.